The lowest BCUT2D eigenvalue weighted by atomic mass is 9.97. The van der Waals surface area contributed by atoms with Crippen molar-refractivity contribution in [3.05, 3.63) is 48.0 Å². The monoisotopic (exact) mass is 358 g/mol. The van der Waals surface area contributed by atoms with Crippen LogP contribution in [0.25, 0.3) is 10.8 Å². The zero-order valence-electron chi connectivity index (χ0n) is 14.2. The van der Waals surface area contributed by atoms with Crippen molar-refractivity contribution in [2.24, 2.45) is 5.92 Å². The molecule has 0 aliphatic carbocycles. The van der Waals surface area contributed by atoms with Crippen molar-refractivity contribution < 1.29 is 14.3 Å². The van der Waals surface area contributed by atoms with Crippen molar-refractivity contribution in [2.45, 2.75) is 12.5 Å². The third-order valence-corrected chi connectivity index (χ3v) is 5.33. The van der Waals surface area contributed by atoms with Gasteiger partial charge in [-0.3, -0.25) is 14.9 Å². The SMILES string of the molecule is COC(=O)C(CNC(=O)C1CSCN1)Cc1ccc2ccccc2c1. The van der Waals surface area contributed by atoms with E-state index < -0.39 is 5.92 Å². The molecule has 0 spiro atoms. The van der Waals surface area contributed by atoms with Crippen LogP contribution in [-0.4, -0.2) is 43.2 Å². The molecule has 2 unspecified atom stereocenters. The van der Waals surface area contributed by atoms with Gasteiger partial charge in [0.25, 0.3) is 0 Å². The molecule has 3 rings (SSSR count). The van der Waals surface area contributed by atoms with Crippen molar-refractivity contribution in [3.63, 3.8) is 0 Å². The predicted octanol–water partition coefficient (Wildman–Crippen LogP) is 1.95. The van der Waals surface area contributed by atoms with E-state index in [1.807, 2.05) is 18.2 Å². The summed E-state index contributed by atoms with van der Waals surface area (Å²) < 4.78 is 4.92. The van der Waals surface area contributed by atoms with Gasteiger partial charge in [-0.25, -0.2) is 0 Å². The minimum Gasteiger partial charge on any atom is -0.469 e. The number of esters is 1. The van der Waals surface area contributed by atoms with E-state index in [0.29, 0.717) is 6.42 Å². The zero-order valence-corrected chi connectivity index (χ0v) is 15.0. The highest BCUT2D eigenvalue weighted by molar-refractivity contribution is 7.99. The van der Waals surface area contributed by atoms with Gasteiger partial charge >= 0.3 is 5.97 Å². The molecular formula is C19H22N2O3S. The largest absolute Gasteiger partial charge is 0.469 e. The molecule has 0 saturated carbocycles. The Hall–Kier alpha value is -2.05. The average molecular weight is 358 g/mol. The van der Waals surface area contributed by atoms with Crippen LogP contribution >= 0.6 is 11.8 Å². The second-order valence-corrected chi connectivity index (χ2v) is 7.15. The zero-order chi connectivity index (χ0) is 17.6. The number of benzene rings is 2. The van der Waals surface area contributed by atoms with Crippen molar-refractivity contribution in [2.75, 3.05) is 25.3 Å². The quantitative estimate of drug-likeness (QED) is 0.773. The Bertz CT molecular complexity index is 759. The summed E-state index contributed by atoms with van der Waals surface area (Å²) in [4.78, 5) is 24.3. The topological polar surface area (TPSA) is 67.4 Å². The standard InChI is InChI=1S/C19H22N2O3S/c1-24-19(23)16(10-20-18(22)17-11-25-12-21-17)9-13-6-7-14-4-2-3-5-15(14)8-13/h2-8,16-17,21H,9-12H2,1H3,(H,20,22). The van der Waals surface area contributed by atoms with Crippen LogP contribution in [0, 0.1) is 5.92 Å². The van der Waals surface area contributed by atoms with Crippen LogP contribution in [0.1, 0.15) is 5.56 Å². The first-order valence-corrected chi connectivity index (χ1v) is 9.47. The van der Waals surface area contributed by atoms with E-state index >= 15 is 0 Å². The highest BCUT2D eigenvalue weighted by Gasteiger charge is 2.25. The Balaban J connectivity index is 1.67. The van der Waals surface area contributed by atoms with Gasteiger partial charge in [0.1, 0.15) is 0 Å². The Morgan fingerprint density at radius 2 is 2.08 bits per heavy atom. The highest BCUT2D eigenvalue weighted by Crippen LogP contribution is 2.18. The van der Waals surface area contributed by atoms with Crippen LogP contribution in [0.3, 0.4) is 0 Å². The number of thioether (sulfide) groups is 1. The van der Waals surface area contributed by atoms with Crippen molar-refractivity contribution in [1.82, 2.24) is 10.6 Å². The van der Waals surface area contributed by atoms with Crippen molar-refractivity contribution >= 4 is 34.4 Å². The molecule has 2 aromatic carbocycles. The third kappa shape index (κ3) is 4.52. The molecule has 5 nitrogen and oxygen atoms in total. The number of nitrogens with one attached hydrogen (secondary N) is 2. The number of methoxy groups -OCH3 is 1. The summed E-state index contributed by atoms with van der Waals surface area (Å²) in [5.74, 6) is 0.790. The normalized spacial score (nSPS) is 18.0. The summed E-state index contributed by atoms with van der Waals surface area (Å²) in [5, 5.41) is 8.31. The molecule has 0 bridgehead atoms. The van der Waals surface area contributed by atoms with Crippen LogP contribution in [0.5, 0.6) is 0 Å². The maximum atomic E-state index is 12.1. The number of fused-ring (bicyclic) bond motifs is 1. The number of carbonyl (C=O) groups excluding carboxylic acids is 2. The van der Waals surface area contributed by atoms with Gasteiger partial charge in [0.05, 0.1) is 19.1 Å². The molecule has 0 aromatic heterocycles. The van der Waals surface area contributed by atoms with E-state index in [1.54, 1.807) is 11.8 Å². The average Bonchev–Trinajstić information content (AvgIpc) is 3.19. The number of rotatable bonds is 6. The third-order valence-electron chi connectivity index (χ3n) is 4.39. The van der Waals surface area contributed by atoms with Gasteiger partial charge in [0.2, 0.25) is 5.91 Å². The molecule has 2 atom stereocenters. The van der Waals surface area contributed by atoms with E-state index in [1.165, 1.54) is 12.5 Å². The van der Waals surface area contributed by atoms with Crippen LogP contribution in [0.4, 0.5) is 0 Å². The Morgan fingerprint density at radius 1 is 1.28 bits per heavy atom. The molecule has 6 heteroatoms. The first-order valence-electron chi connectivity index (χ1n) is 8.31. The fraction of sp³-hybridized carbons (Fsp3) is 0.368. The summed E-state index contributed by atoms with van der Waals surface area (Å²) in [7, 11) is 1.38. The fourth-order valence-electron chi connectivity index (χ4n) is 2.97. The van der Waals surface area contributed by atoms with Crippen LogP contribution in [0.2, 0.25) is 0 Å². The molecule has 1 amide bonds. The second kappa shape index (κ2) is 8.36. The van der Waals surface area contributed by atoms with Gasteiger partial charge in [-0.15, -0.1) is 11.8 Å². The maximum absolute atomic E-state index is 12.1. The lowest BCUT2D eigenvalue weighted by Crippen LogP contribution is -2.45. The second-order valence-electron chi connectivity index (χ2n) is 6.12. The molecule has 2 N–H and O–H groups in total. The molecule has 0 radical (unpaired) electrons. The Labute approximate surface area is 151 Å². The number of hydrogen-bond acceptors (Lipinski definition) is 5. The van der Waals surface area contributed by atoms with Gasteiger partial charge < -0.3 is 10.1 Å². The first kappa shape index (κ1) is 17.8. The van der Waals surface area contributed by atoms with Crippen LogP contribution < -0.4 is 10.6 Å². The van der Waals surface area contributed by atoms with Gasteiger partial charge in [0.15, 0.2) is 0 Å². The molecule has 25 heavy (non-hydrogen) atoms. The lowest BCUT2D eigenvalue weighted by molar-refractivity contribution is -0.145. The molecule has 1 aliphatic heterocycles. The smallest absolute Gasteiger partial charge is 0.310 e. The molecule has 132 valence electrons. The molecule has 1 heterocycles. The predicted molar refractivity (Wildman–Crippen MR) is 100 cm³/mol. The number of hydrogen-bond donors (Lipinski definition) is 2. The summed E-state index contributed by atoms with van der Waals surface area (Å²) in [6.45, 7) is 0.279. The van der Waals surface area contributed by atoms with Gasteiger partial charge in [-0.2, -0.15) is 0 Å². The van der Waals surface area contributed by atoms with E-state index in [9.17, 15) is 9.59 Å². The van der Waals surface area contributed by atoms with Gasteiger partial charge in [-0.1, -0.05) is 42.5 Å². The Morgan fingerprint density at radius 3 is 2.80 bits per heavy atom. The van der Waals surface area contributed by atoms with E-state index in [4.69, 9.17) is 4.74 Å². The lowest BCUT2D eigenvalue weighted by Gasteiger charge is -2.17. The van der Waals surface area contributed by atoms with Crippen LogP contribution in [0.15, 0.2) is 42.5 Å². The summed E-state index contributed by atoms with van der Waals surface area (Å²) in [6, 6.07) is 14.1. The molecule has 1 aliphatic rings. The molecule has 2 aromatic rings. The summed E-state index contributed by atoms with van der Waals surface area (Å²) in [6.07, 6.45) is 0.532. The van der Waals surface area contributed by atoms with E-state index in [2.05, 4.69) is 34.9 Å². The highest BCUT2D eigenvalue weighted by atomic mass is 32.2. The Kier molecular flexibility index (Phi) is 5.94. The van der Waals surface area contributed by atoms with E-state index in [-0.39, 0.29) is 24.5 Å². The number of carbonyl (C=O) groups is 2. The van der Waals surface area contributed by atoms with Gasteiger partial charge in [0, 0.05) is 18.2 Å². The molecular weight excluding hydrogens is 336 g/mol. The maximum Gasteiger partial charge on any atom is 0.310 e. The fourth-order valence-corrected chi connectivity index (χ4v) is 3.91. The molecule has 1 saturated heterocycles. The van der Waals surface area contributed by atoms with Crippen LogP contribution in [-0.2, 0) is 20.7 Å². The van der Waals surface area contributed by atoms with Crippen molar-refractivity contribution in [3.8, 4) is 0 Å². The van der Waals surface area contributed by atoms with Gasteiger partial charge in [-0.05, 0) is 22.8 Å². The summed E-state index contributed by atoms with van der Waals surface area (Å²) in [5.41, 5.74) is 1.05. The minimum atomic E-state index is -0.399. The first-order chi connectivity index (χ1) is 12.2. The van der Waals surface area contributed by atoms with E-state index in [0.717, 1.165) is 22.6 Å². The minimum absolute atomic E-state index is 0.0579. The number of amides is 1. The summed E-state index contributed by atoms with van der Waals surface area (Å²) >= 11 is 1.70. The molecule has 1 fully saturated rings. The number of ether oxygens (including phenoxy) is 1. The van der Waals surface area contributed by atoms with Crippen molar-refractivity contribution in [1.29, 1.82) is 0 Å².